The van der Waals surface area contributed by atoms with Crippen LogP contribution in [0.1, 0.15) is 36.7 Å². The molecule has 112 valence electrons. The summed E-state index contributed by atoms with van der Waals surface area (Å²) in [5, 5.41) is 2.96. The molecular weight excluding hydrogens is 262 g/mol. The summed E-state index contributed by atoms with van der Waals surface area (Å²) in [6.07, 6.45) is 7.74. The molecule has 0 aliphatic carbocycles. The smallest absolute Gasteiger partial charge is 0.220 e. The van der Waals surface area contributed by atoms with Gasteiger partial charge in [0.15, 0.2) is 0 Å². The van der Waals surface area contributed by atoms with E-state index in [4.69, 9.17) is 0 Å². The van der Waals surface area contributed by atoms with Crippen molar-refractivity contribution in [3.05, 3.63) is 53.6 Å². The molecule has 0 fully saturated rings. The molecule has 1 aromatic heterocycles. The van der Waals surface area contributed by atoms with Crippen LogP contribution < -0.4 is 5.32 Å². The molecule has 0 radical (unpaired) electrons. The lowest BCUT2D eigenvalue weighted by molar-refractivity contribution is -0.121. The monoisotopic (exact) mass is 285 g/mol. The number of carbonyl (C=O) groups is 1. The number of benzene rings is 1. The van der Waals surface area contributed by atoms with Crippen molar-refractivity contribution in [1.82, 2.24) is 15.3 Å². The van der Waals surface area contributed by atoms with E-state index >= 15 is 0 Å². The van der Waals surface area contributed by atoms with Gasteiger partial charge in [0.05, 0.1) is 0 Å². The van der Waals surface area contributed by atoms with E-state index < -0.39 is 0 Å². The fraction of sp³-hybridized carbons (Fsp3) is 0.412. The number of H-pyrrole nitrogens is 1. The summed E-state index contributed by atoms with van der Waals surface area (Å²) < 4.78 is 0. The van der Waals surface area contributed by atoms with Crippen LogP contribution in [0.15, 0.2) is 36.7 Å². The highest BCUT2D eigenvalue weighted by atomic mass is 16.1. The number of nitrogens with one attached hydrogen (secondary N) is 2. The third-order valence-corrected chi connectivity index (χ3v) is 3.54. The quantitative estimate of drug-likeness (QED) is 0.733. The molecule has 2 rings (SSSR count). The molecule has 0 saturated heterocycles. The Balaban J connectivity index is 1.60. The molecule has 0 unspecified atom stereocenters. The molecule has 2 N–H and O–H groups in total. The highest BCUT2D eigenvalue weighted by Gasteiger charge is 2.02. The minimum atomic E-state index is 0.119. The number of aromatic nitrogens is 2. The number of hydrogen-bond donors (Lipinski definition) is 2. The molecule has 4 heteroatoms. The molecular formula is C17H23N3O. The fourth-order valence-electron chi connectivity index (χ4n) is 2.21. The zero-order valence-electron chi connectivity index (χ0n) is 12.6. The lowest BCUT2D eigenvalue weighted by Crippen LogP contribution is -2.25. The van der Waals surface area contributed by atoms with E-state index in [1.54, 1.807) is 6.20 Å². The van der Waals surface area contributed by atoms with Crippen molar-refractivity contribution >= 4 is 5.91 Å². The lowest BCUT2D eigenvalue weighted by Gasteiger charge is -2.05. The van der Waals surface area contributed by atoms with Crippen LogP contribution in [0.5, 0.6) is 0 Å². The van der Waals surface area contributed by atoms with Crippen molar-refractivity contribution in [1.29, 1.82) is 0 Å². The Morgan fingerprint density at radius 1 is 1.19 bits per heavy atom. The van der Waals surface area contributed by atoms with Gasteiger partial charge in [-0.1, -0.05) is 31.2 Å². The third-order valence-electron chi connectivity index (χ3n) is 3.54. The first-order valence-corrected chi connectivity index (χ1v) is 7.60. The van der Waals surface area contributed by atoms with E-state index in [0.717, 1.165) is 31.5 Å². The topological polar surface area (TPSA) is 57.8 Å². The molecule has 0 bridgehead atoms. The number of imidazole rings is 1. The zero-order valence-corrected chi connectivity index (χ0v) is 12.6. The van der Waals surface area contributed by atoms with Crippen molar-refractivity contribution in [3.8, 4) is 0 Å². The number of amides is 1. The molecule has 0 atom stereocenters. The Morgan fingerprint density at radius 2 is 1.95 bits per heavy atom. The Morgan fingerprint density at radius 3 is 2.62 bits per heavy atom. The average molecular weight is 285 g/mol. The molecule has 4 nitrogen and oxygen atoms in total. The van der Waals surface area contributed by atoms with Crippen LogP contribution in [0, 0.1) is 0 Å². The molecule has 0 aliphatic heterocycles. The number of nitrogens with zero attached hydrogens (tertiary/aromatic N) is 1. The largest absolute Gasteiger partial charge is 0.356 e. The Kier molecular flexibility index (Phi) is 6.00. The number of aromatic amines is 1. The number of hydrogen-bond acceptors (Lipinski definition) is 2. The van der Waals surface area contributed by atoms with E-state index in [9.17, 15) is 4.79 Å². The zero-order chi connectivity index (χ0) is 14.9. The lowest BCUT2D eigenvalue weighted by atomic mass is 10.1. The summed E-state index contributed by atoms with van der Waals surface area (Å²) in [6.45, 7) is 2.85. The first-order valence-electron chi connectivity index (χ1n) is 7.60. The number of rotatable bonds is 8. The molecule has 1 aromatic carbocycles. The molecule has 1 amide bonds. The number of aryl methyl sites for hydroxylation is 3. The van der Waals surface area contributed by atoms with Crippen LogP contribution in [-0.2, 0) is 24.1 Å². The molecule has 2 aromatic rings. The Hall–Kier alpha value is -2.10. The van der Waals surface area contributed by atoms with Gasteiger partial charge in [0, 0.05) is 31.8 Å². The standard InChI is InChI=1S/C17H23N3O/c1-2-14-5-7-15(8-6-14)9-10-17(21)20-11-3-4-16-18-12-13-19-16/h5-8,12-13H,2-4,9-11H2,1H3,(H,18,19)(H,20,21). The predicted molar refractivity (Wildman–Crippen MR) is 84.1 cm³/mol. The van der Waals surface area contributed by atoms with Gasteiger partial charge in [0.1, 0.15) is 5.82 Å². The van der Waals surface area contributed by atoms with Gasteiger partial charge in [-0.15, -0.1) is 0 Å². The van der Waals surface area contributed by atoms with Crippen LogP contribution in [0.4, 0.5) is 0 Å². The van der Waals surface area contributed by atoms with Gasteiger partial charge in [0.2, 0.25) is 5.91 Å². The summed E-state index contributed by atoms with van der Waals surface area (Å²) in [6, 6.07) is 8.50. The van der Waals surface area contributed by atoms with Crippen molar-refractivity contribution in [3.63, 3.8) is 0 Å². The second-order valence-electron chi connectivity index (χ2n) is 5.16. The van der Waals surface area contributed by atoms with Crippen LogP contribution >= 0.6 is 0 Å². The van der Waals surface area contributed by atoms with E-state index in [0.29, 0.717) is 13.0 Å². The maximum absolute atomic E-state index is 11.8. The fourth-order valence-corrected chi connectivity index (χ4v) is 2.21. The number of carbonyl (C=O) groups excluding carboxylic acids is 1. The SMILES string of the molecule is CCc1ccc(CCC(=O)NCCCc2ncc[nH]2)cc1. The summed E-state index contributed by atoms with van der Waals surface area (Å²) in [5.41, 5.74) is 2.55. The summed E-state index contributed by atoms with van der Waals surface area (Å²) >= 11 is 0. The maximum Gasteiger partial charge on any atom is 0.220 e. The highest BCUT2D eigenvalue weighted by molar-refractivity contribution is 5.76. The van der Waals surface area contributed by atoms with Crippen LogP contribution in [-0.4, -0.2) is 22.4 Å². The summed E-state index contributed by atoms with van der Waals surface area (Å²) in [4.78, 5) is 19.0. The Labute approximate surface area is 126 Å². The second kappa shape index (κ2) is 8.25. The maximum atomic E-state index is 11.8. The van der Waals surface area contributed by atoms with Crippen molar-refractivity contribution in [2.24, 2.45) is 0 Å². The highest BCUT2D eigenvalue weighted by Crippen LogP contribution is 2.07. The average Bonchev–Trinajstić information content (AvgIpc) is 3.03. The van der Waals surface area contributed by atoms with Gasteiger partial charge in [-0.2, -0.15) is 0 Å². The van der Waals surface area contributed by atoms with Crippen LogP contribution in [0.25, 0.3) is 0 Å². The molecule has 21 heavy (non-hydrogen) atoms. The van der Waals surface area contributed by atoms with Crippen LogP contribution in [0.3, 0.4) is 0 Å². The van der Waals surface area contributed by atoms with Gasteiger partial charge >= 0.3 is 0 Å². The van der Waals surface area contributed by atoms with Gasteiger partial charge in [-0.3, -0.25) is 4.79 Å². The van der Waals surface area contributed by atoms with E-state index in [2.05, 4.69) is 46.5 Å². The van der Waals surface area contributed by atoms with Gasteiger partial charge in [0.25, 0.3) is 0 Å². The van der Waals surface area contributed by atoms with E-state index in [1.165, 1.54) is 11.1 Å². The predicted octanol–water partition coefficient (Wildman–Crippen LogP) is 2.65. The van der Waals surface area contributed by atoms with Gasteiger partial charge in [-0.05, 0) is 30.4 Å². The van der Waals surface area contributed by atoms with Gasteiger partial charge < -0.3 is 10.3 Å². The van der Waals surface area contributed by atoms with Crippen molar-refractivity contribution in [2.75, 3.05) is 6.54 Å². The van der Waals surface area contributed by atoms with Crippen LogP contribution in [0.2, 0.25) is 0 Å². The minimum Gasteiger partial charge on any atom is -0.356 e. The third kappa shape index (κ3) is 5.42. The molecule has 0 aliphatic rings. The van der Waals surface area contributed by atoms with Crippen molar-refractivity contribution < 1.29 is 4.79 Å². The first kappa shape index (κ1) is 15.3. The van der Waals surface area contributed by atoms with Gasteiger partial charge in [-0.25, -0.2) is 4.98 Å². The Bertz CT molecular complexity index is 532. The first-order chi connectivity index (χ1) is 10.3. The normalized spacial score (nSPS) is 10.5. The van der Waals surface area contributed by atoms with Crippen molar-refractivity contribution in [2.45, 2.75) is 39.0 Å². The molecule has 1 heterocycles. The molecule has 0 spiro atoms. The summed E-state index contributed by atoms with van der Waals surface area (Å²) in [7, 11) is 0. The van der Waals surface area contributed by atoms with E-state index in [1.807, 2.05) is 6.20 Å². The minimum absolute atomic E-state index is 0.119. The summed E-state index contributed by atoms with van der Waals surface area (Å²) in [5.74, 6) is 1.09. The van der Waals surface area contributed by atoms with E-state index in [-0.39, 0.29) is 5.91 Å². The second-order valence-corrected chi connectivity index (χ2v) is 5.16. The molecule has 0 saturated carbocycles.